The molecule has 0 bridgehead atoms. The molecule has 3 aromatic rings. The maximum Gasteiger partial charge on any atom is 0.155 e. The van der Waals surface area contributed by atoms with Crippen LogP contribution in [-0.2, 0) is 12.8 Å². The van der Waals surface area contributed by atoms with Crippen LogP contribution in [0.15, 0.2) is 42.6 Å². The number of hydrogen-bond acceptors (Lipinski definition) is 3. The normalized spacial score (nSPS) is 10.9. The number of ether oxygens (including phenoxy) is 1. The van der Waals surface area contributed by atoms with E-state index in [9.17, 15) is 0 Å². The van der Waals surface area contributed by atoms with Gasteiger partial charge in [-0.05, 0) is 42.7 Å². The molecule has 0 spiro atoms. The molecule has 4 nitrogen and oxygen atoms in total. The highest BCUT2D eigenvalue weighted by molar-refractivity contribution is 5.40. The van der Waals surface area contributed by atoms with E-state index in [1.807, 2.05) is 41.0 Å². The fourth-order valence-electron chi connectivity index (χ4n) is 2.29. The van der Waals surface area contributed by atoms with Crippen LogP contribution in [0.25, 0.3) is 5.65 Å². The molecule has 0 saturated heterocycles. The Labute approximate surface area is 118 Å². The first-order valence-electron chi connectivity index (χ1n) is 6.70. The van der Waals surface area contributed by atoms with Crippen LogP contribution < -0.4 is 4.74 Å². The van der Waals surface area contributed by atoms with Crippen molar-refractivity contribution in [2.75, 3.05) is 7.11 Å². The molecule has 0 atom stereocenters. The third kappa shape index (κ3) is 2.50. The number of aromatic nitrogens is 3. The summed E-state index contributed by atoms with van der Waals surface area (Å²) in [6.07, 6.45) is 3.63. The Morgan fingerprint density at radius 2 is 2.00 bits per heavy atom. The summed E-state index contributed by atoms with van der Waals surface area (Å²) >= 11 is 0. The van der Waals surface area contributed by atoms with E-state index in [0.29, 0.717) is 0 Å². The summed E-state index contributed by atoms with van der Waals surface area (Å²) in [7, 11) is 1.70. The van der Waals surface area contributed by atoms with Crippen molar-refractivity contribution >= 4 is 5.65 Å². The smallest absolute Gasteiger partial charge is 0.155 e. The lowest BCUT2D eigenvalue weighted by Crippen LogP contribution is -1.97. The van der Waals surface area contributed by atoms with E-state index in [1.165, 1.54) is 11.1 Å². The SMILES string of the molecule is COc1ccccc1CCc1nc2cc(C)ccn2n1. The Bertz CT molecular complexity index is 733. The molecule has 0 fully saturated rings. The molecule has 4 heteroatoms. The summed E-state index contributed by atoms with van der Waals surface area (Å²) in [5.41, 5.74) is 3.28. The van der Waals surface area contributed by atoms with Crippen molar-refractivity contribution in [3.05, 3.63) is 59.5 Å². The number of methoxy groups -OCH3 is 1. The van der Waals surface area contributed by atoms with Crippen molar-refractivity contribution in [2.24, 2.45) is 0 Å². The first-order valence-corrected chi connectivity index (χ1v) is 6.70. The summed E-state index contributed by atoms with van der Waals surface area (Å²) in [5.74, 6) is 1.79. The Kier molecular flexibility index (Phi) is 3.37. The first-order chi connectivity index (χ1) is 9.76. The van der Waals surface area contributed by atoms with Crippen molar-refractivity contribution in [2.45, 2.75) is 19.8 Å². The van der Waals surface area contributed by atoms with Crippen LogP contribution in [0.4, 0.5) is 0 Å². The van der Waals surface area contributed by atoms with Gasteiger partial charge in [0.2, 0.25) is 0 Å². The number of pyridine rings is 1. The highest BCUT2D eigenvalue weighted by Crippen LogP contribution is 2.19. The van der Waals surface area contributed by atoms with Gasteiger partial charge in [0.25, 0.3) is 0 Å². The predicted octanol–water partition coefficient (Wildman–Crippen LogP) is 2.83. The van der Waals surface area contributed by atoms with Gasteiger partial charge in [0.15, 0.2) is 11.5 Å². The zero-order valence-corrected chi connectivity index (χ0v) is 11.7. The molecule has 0 aliphatic carbocycles. The van der Waals surface area contributed by atoms with E-state index < -0.39 is 0 Å². The number of rotatable bonds is 4. The number of para-hydroxylation sites is 1. The fourth-order valence-corrected chi connectivity index (χ4v) is 2.29. The van der Waals surface area contributed by atoms with Gasteiger partial charge in [0, 0.05) is 12.6 Å². The van der Waals surface area contributed by atoms with Gasteiger partial charge >= 0.3 is 0 Å². The molecule has 0 aliphatic rings. The highest BCUT2D eigenvalue weighted by atomic mass is 16.5. The lowest BCUT2D eigenvalue weighted by molar-refractivity contribution is 0.409. The molecule has 0 unspecified atom stereocenters. The van der Waals surface area contributed by atoms with E-state index in [-0.39, 0.29) is 0 Å². The lowest BCUT2D eigenvalue weighted by atomic mass is 10.1. The quantitative estimate of drug-likeness (QED) is 0.729. The summed E-state index contributed by atoms with van der Waals surface area (Å²) in [6.45, 7) is 2.06. The largest absolute Gasteiger partial charge is 0.496 e. The topological polar surface area (TPSA) is 39.4 Å². The van der Waals surface area contributed by atoms with Crippen molar-refractivity contribution in [1.82, 2.24) is 14.6 Å². The maximum atomic E-state index is 5.36. The van der Waals surface area contributed by atoms with Crippen LogP contribution in [0.5, 0.6) is 5.75 Å². The number of benzene rings is 1. The molecule has 20 heavy (non-hydrogen) atoms. The van der Waals surface area contributed by atoms with Gasteiger partial charge in [-0.1, -0.05) is 18.2 Å². The predicted molar refractivity (Wildman–Crippen MR) is 78.1 cm³/mol. The van der Waals surface area contributed by atoms with Crippen LogP contribution >= 0.6 is 0 Å². The molecule has 102 valence electrons. The van der Waals surface area contributed by atoms with Gasteiger partial charge in [-0.3, -0.25) is 0 Å². The molecule has 2 heterocycles. The van der Waals surface area contributed by atoms with Gasteiger partial charge in [-0.25, -0.2) is 9.50 Å². The number of aryl methyl sites for hydroxylation is 3. The van der Waals surface area contributed by atoms with Gasteiger partial charge < -0.3 is 4.74 Å². The average molecular weight is 267 g/mol. The van der Waals surface area contributed by atoms with E-state index in [2.05, 4.69) is 23.1 Å². The Morgan fingerprint density at radius 3 is 2.85 bits per heavy atom. The minimum atomic E-state index is 0.807. The summed E-state index contributed by atoms with van der Waals surface area (Å²) in [6, 6.07) is 12.1. The minimum Gasteiger partial charge on any atom is -0.496 e. The van der Waals surface area contributed by atoms with Crippen LogP contribution in [-0.4, -0.2) is 21.7 Å². The Balaban J connectivity index is 1.79. The van der Waals surface area contributed by atoms with Crippen molar-refractivity contribution in [3.63, 3.8) is 0 Å². The number of nitrogens with zero attached hydrogens (tertiary/aromatic N) is 3. The molecule has 1 aromatic carbocycles. The summed E-state index contributed by atoms with van der Waals surface area (Å²) < 4.78 is 7.19. The second-order valence-electron chi connectivity index (χ2n) is 4.85. The molecule has 2 aromatic heterocycles. The van der Waals surface area contributed by atoms with Crippen LogP contribution in [0.3, 0.4) is 0 Å². The molecule has 0 radical (unpaired) electrons. The van der Waals surface area contributed by atoms with Gasteiger partial charge in [-0.15, -0.1) is 0 Å². The number of fused-ring (bicyclic) bond motifs is 1. The first kappa shape index (κ1) is 12.7. The van der Waals surface area contributed by atoms with E-state index in [0.717, 1.165) is 30.1 Å². The van der Waals surface area contributed by atoms with Crippen molar-refractivity contribution < 1.29 is 4.74 Å². The van der Waals surface area contributed by atoms with Gasteiger partial charge in [0.1, 0.15) is 5.75 Å². The van der Waals surface area contributed by atoms with Crippen LogP contribution in [0.1, 0.15) is 17.0 Å². The lowest BCUT2D eigenvalue weighted by Gasteiger charge is -2.06. The fraction of sp³-hybridized carbons (Fsp3) is 0.250. The second kappa shape index (κ2) is 5.33. The highest BCUT2D eigenvalue weighted by Gasteiger charge is 2.06. The summed E-state index contributed by atoms with van der Waals surface area (Å²) in [5, 5.41) is 4.49. The molecule has 0 amide bonds. The average Bonchev–Trinajstić information content (AvgIpc) is 2.87. The third-order valence-electron chi connectivity index (χ3n) is 3.35. The number of hydrogen-bond donors (Lipinski definition) is 0. The standard InChI is InChI=1S/C16H17N3O/c1-12-9-10-19-16(11-12)17-15(18-19)8-7-13-5-3-4-6-14(13)20-2/h3-6,9-11H,7-8H2,1-2H3. The Morgan fingerprint density at radius 1 is 1.15 bits per heavy atom. The van der Waals surface area contributed by atoms with Gasteiger partial charge in [0.05, 0.1) is 7.11 Å². The monoisotopic (exact) mass is 267 g/mol. The van der Waals surface area contributed by atoms with Crippen LogP contribution in [0, 0.1) is 6.92 Å². The van der Waals surface area contributed by atoms with E-state index in [4.69, 9.17) is 4.74 Å². The molecule has 0 saturated carbocycles. The van der Waals surface area contributed by atoms with E-state index >= 15 is 0 Å². The zero-order chi connectivity index (χ0) is 13.9. The molecule has 0 aliphatic heterocycles. The van der Waals surface area contributed by atoms with Crippen LogP contribution in [0.2, 0.25) is 0 Å². The third-order valence-corrected chi connectivity index (χ3v) is 3.35. The van der Waals surface area contributed by atoms with Gasteiger partial charge in [-0.2, -0.15) is 5.10 Å². The Hall–Kier alpha value is -2.36. The summed E-state index contributed by atoms with van der Waals surface area (Å²) in [4.78, 5) is 4.56. The molecule has 0 N–H and O–H groups in total. The maximum absolute atomic E-state index is 5.36. The zero-order valence-electron chi connectivity index (χ0n) is 11.7. The molecular formula is C16H17N3O. The molecular weight excluding hydrogens is 250 g/mol. The second-order valence-corrected chi connectivity index (χ2v) is 4.85. The van der Waals surface area contributed by atoms with E-state index in [1.54, 1.807) is 7.11 Å². The molecule has 3 rings (SSSR count). The van der Waals surface area contributed by atoms with Crippen molar-refractivity contribution in [1.29, 1.82) is 0 Å². The van der Waals surface area contributed by atoms with Crippen molar-refractivity contribution in [3.8, 4) is 5.75 Å². The minimum absolute atomic E-state index is 0.807.